The predicted octanol–water partition coefficient (Wildman–Crippen LogP) is 1.78. The van der Waals surface area contributed by atoms with Gasteiger partial charge in [0, 0.05) is 12.5 Å². The van der Waals surface area contributed by atoms with E-state index in [0.717, 1.165) is 31.1 Å². The first-order valence-electron chi connectivity index (χ1n) is 7.63. The second kappa shape index (κ2) is 6.73. The number of carboxylic acid groups (broad SMARTS) is 1. The van der Waals surface area contributed by atoms with E-state index in [2.05, 4.69) is 6.08 Å². The Hall–Kier alpha value is -1.17. The van der Waals surface area contributed by atoms with Gasteiger partial charge in [-0.1, -0.05) is 18.2 Å². The number of carbonyl (C=O) groups is 1. The van der Waals surface area contributed by atoms with Crippen LogP contribution in [0.15, 0.2) is 23.8 Å². The molecule has 1 N–H and O–H groups in total. The maximum atomic E-state index is 11.0. The van der Waals surface area contributed by atoms with Gasteiger partial charge in [-0.2, -0.15) is 0 Å². The maximum Gasteiger partial charge on any atom is 0.335 e. The fourth-order valence-corrected chi connectivity index (χ4v) is 2.68. The average molecular weight is 294 g/mol. The molecule has 0 spiro atoms. The second-order valence-electron chi connectivity index (χ2n) is 6.06. The van der Waals surface area contributed by atoms with Crippen LogP contribution in [0.1, 0.15) is 19.3 Å². The zero-order chi connectivity index (χ0) is 14.7. The third-order valence-electron chi connectivity index (χ3n) is 4.13. The van der Waals surface area contributed by atoms with Gasteiger partial charge >= 0.3 is 5.97 Å². The lowest BCUT2D eigenvalue weighted by atomic mass is 9.91. The van der Waals surface area contributed by atoms with E-state index in [1.54, 1.807) is 0 Å². The zero-order valence-electron chi connectivity index (χ0n) is 12.1. The molecular formula is C16H22O5. The number of aliphatic carboxylic acids is 1. The zero-order valence-corrected chi connectivity index (χ0v) is 12.1. The largest absolute Gasteiger partial charge is 0.479 e. The monoisotopic (exact) mass is 294 g/mol. The predicted molar refractivity (Wildman–Crippen MR) is 76.0 cm³/mol. The van der Waals surface area contributed by atoms with Gasteiger partial charge in [-0.15, -0.1) is 0 Å². The molecule has 0 amide bonds. The summed E-state index contributed by atoms with van der Waals surface area (Å²) in [6, 6.07) is 0. The number of ether oxygens (including phenoxy) is 3. The molecule has 5 nitrogen and oxygen atoms in total. The van der Waals surface area contributed by atoms with E-state index in [9.17, 15) is 4.79 Å². The molecule has 0 aromatic rings. The van der Waals surface area contributed by atoms with Crippen LogP contribution in [0.2, 0.25) is 0 Å². The molecule has 1 saturated carbocycles. The lowest BCUT2D eigenvalue weighted by Gasteiger charge is -2.31. The number of rotatable bonds is 6. The van der Waals surface area contributed by atoms with Crippen LogP contribution >= 0.6 is 0 Å². The van der Waals surface area contributed by atoms with Crippen LogP contribution in [0.3, 0.4) is 0 Å². The fourth-order valence-electron chi connectivity index (χ4n) is 2.68. The van der Waals surface area contributed by atoms with Gasteiger partial charge in [0.1, 0.15) is 6.10 Å². The molecule has 0 bridgehead atoms. The Labute approximate surface area is 124 Å². The van der Waals surface area contributed by atoms with Crippen LogP contribution in [-0.4, -0.2) is 49.7 Å². The van der Waals surface area contributed by atoms with E-state index in [1.807, 2.05) is 12.2 Å². The minimum Gasteiger partial charge on any atom is -0.479 e. The minimum absolute atomic E-state index is 0.128. The van der Waals surface area contributed by atoms with Crippen molar-refractivity contribution in [1.82, 2.24) is 0 Å². The molecule has 1 heterocycles. The number of allylic oxidation sites excluding steroid dienone is 2. The van der Waals surface area contributed by atoms with Crippen molar-refractivity contribution in [2.45, 2.75) is 31.5 Å². The Balaban J connectivity index is 1.49. The molecule has 1 saturated heterocycles. The Morgan fingerprint density at radius 2 is 2.19 bits per heavy atom. The minimum atomic E-state index is -0.962. The van der Waals surface area contributed by atoms with Gasteiger partial charge in [0.05, 0.1) is 19.8 Å². The fraction of sp³-hybridized carbons (Fsp3) is 0.688. The van der Waals surface area contributed by atoms with Gasteiger partial charge in [0.15, 0.2) is 6.10 Å². The summed E-state index contributed by atoms with van der Waals surface area (Å²) >= 11 is 0. The Morgan fingerprint density at radius 1 is 1.33 bits per heavy atom. The third-order valence-corrected chi connectivity index (χ3v) is 4.13. The van der Waals surface area contributed by atoms with E-state index in [0.29, 0.717) is 12.5 Å². The van der Waals surface area contributed by atoms with Crippen LogP contribution < -0.4 is 0 Å². The highest BCUT2D eigenvalue weighted by Crippen LogP contribution is 2.30. The van der Waals surface area contributed by atoms with Crippen LogP contribution in [0.4, 0.5) is 0 Å². The van der Waals surface area contributed by atoms with Gasteiger partial charge < -0.3 is 19.3 Å². The summed E-state index contributed by atoms with van der Waals surface area (Å²) < 4.78 is 16.7. The van der Waals surface area contributed by atoms with Crippen molar-refractivity contribution in [3.63, 3.8) is 0 Å². The van der Waals surface area contributed by atoms with Gasteiger partial charge in [-0.05, 0) is 30.8 Å². The number of carboxylic acids is 1. The van der Waals surface area contributed by atoms with E-state index in [1.165, 1.54) is 12.8 Å². The van der Waals surface area contributed by atoms with Crippen LogP contribution in [0.25, 0.3) is 0 Å². The molecule has 0 aromatic heterocycles. The molecule has 1 aliphatic heterocycles. The van der Waals surface area contributed by atoms with E-state index >= 15 is 0 Å². The standard InChI is InChI=1S/C16H22O5/c17-16(18)15-10-20-9-14(21-15)13-3-1-2-12(6-13)8-19-7-11-4-5-11/h1-3,11-12,14-15H,4-10H2,(H,17,18). The molecule has 116 valence electrons. The van der Waals surface area contributed by atoms with Crippen LogP contribution in [-0.2, 0) is 19.0 Å². The summed E-state index contributed by atoms with van der Waals surface area (Å²) in [6.45, 7) is 2.15. The Kier molecular flexibility index (Phi) is 4.73. The molecule has 21 heavy (non-hydrogen) atoms. The van der Waals surface area contributed by atoms with Gasteiger partial charge in [0.25, 0.3) is 0 Å². The van der Waals surface area contributed by atoms with Crippen molar-refractivity contribution in [3.8, 4) is 0 Å². The Bertz CT molecular complexity index is 438. The van der Waals surface area contributed by atoms with Crippen molar-refractivity contribution >= 4 is 5.97 Å². The highest BCUT2D eigenvalue weighted by atomic mass is 16.6. The molecule has 0 radical (unpaired) electrons. The van der Waals surface area contributed by atoms with E-state index < -0.39 is 12.1 Å². The number of hydrogen-bond donors (Lipinski definition) is 1. The van der Waals surface area contributed by atoms with E-state index in [-0.39, 0.29) is 12.7 Å². The summed E-state index contributed by atoms with van der Waals surface area (Å²) in [6.07, 6.45) is 8.50. The quantitative estimate of drug-likeness (QED) is 0.809. The summed E-state index contributed by atoms with van der Waals surface area (Å²) in [5, 5.41) is 9.02. The first kappa shape index (κ1) is 14.8. The third kappa shape index (κ3) is 4.15. The van der Waals surface area contributed by atoms with Crippen molar-refractivity contribution in [3.05, 3.63) is 23.8 Å². The van der Waals surface area contributed by atoms with Crippen molar-refractivity contribution < 1.29 is 24.1 Å². The SMILES string of the molecule is O=C(O)C1COCC(C2=CC=CC(COCC3CC3)C2)O1. The molecule has 3 aliphatic rings. The lowest BCUT2D eigenvalue weighted by molar-refractivity contribution is -0.173. The van der Waals surface area contributed by atoms with Crippen molar-refractivity contribution in [2.75, 3.05) is 26.4 Å². The molecule has 2 aliphatic carbocycles. The van der Waals surface area contributed by atoms with Crippen molar-refractivity contribution in [2.24, 2.45) is 11.8 Å². The molecule has 5 heteroatoms. The molecule has 3 rings (SSSR count). The normalized spacial score (nSPS) is 32.8. The van der Waals surface area contributed by atoms with Crippen LogP contribution in [0.5, 0.6) is 0 Å². The molecule has 2 fully saturated rings. The molecule has 3 unspecified atom stereocenters. The lowest BCUT2D eigenvalue weighted by Crippen LogP contribution is -2.42. The summed E-state index contributed by atoms with van der Waals surface area (Å²) in [7, 11) is 0. The van der Waals surface area contributed by atoms with Crippen molar-refractivity contribution in [1.29, 1.82) is 0 Å². The van der Waals surface area contributed by atoms with Gasteiger partial charge in [0.2, 0.25) is 0 Å². The second-order valence-corrected chi connectivity index (χ2v) is 6.06. The first-order valence-corrected chi connectivity index (χ1v) is 7.63. The summed E-state index contributed by atoms with van der Waals surface area (Å²) in [5.74, 6) is 0.160. The molecular weight excluding hydrogens is 272 g/mol. The molecule has 0 aromatic carbocycles. The van der Waals surface area contributed by atoms with E-state index in [4.69, 9.17) is 19.3 Å². The highest BCUT2D eigenvalue weighted by Gasteiger charge is 2.31. The number of hydrogen-bond acceptors (Lipinski definition) is 4. The van der Waals surface area contributed by atoms with Gasteiger partial charge in [-0.3, -0.25) is 0 Å². The Morgan fingerprint density at radius 3 is 2.95 bits per heavy atom. The summed E-state index contributed by atoms with van der Waals surface area (Å²) in [4.78, 5) is 11.0. The maximum absolute atomic E-state index is 11.0. The smallest absolute Gasteiger partial charge is 0.335 e. The average Bonchev–Trinajstić information content (AvgIpc) is 3.32. The van der Waals surface area contributed by atoms with Gasteiger partial charge in [-0.25, -0.2) is 4.79 Å². The first-order chi connectivity index (χ1) is 10.2. The van der Waals surface area contributed by atoms with Crippen LogP contribution in [0, 0.1) is 11.8 Å². The summed E-state index contributed by atoms with van der Waals surface area (Å²) in [5.41, 5.74) is 1.10. The topological polar surface area (TPSA) is 65.0 Å². The highest BCUT2D eigenvalue weighted by molar-refractivity contribution is 5.72. The molecule has 3 atom stereocenters.